The number of amides is 1. The van der Waals surface area contributed by atoms with Gasteiger partial charge in [-0.2, -0.15) is 0 Å². The fraction of sp³-hybridized carbons (Fsp3) is 0.900. The van der Waals surface area contributed by atoms with E-state index in [2.05, 4.69) is 5.32 Å². The Morgan fingerprint density at radius 1 is 1.47 bits per heavy atom. The summed E-state index contributed by atoms with van der Waals surface area (Å²) < 4.78 is 23.9. The lowest BCUT2D eigenvalue weighted by Crippen LogP contribution is -2.36. The first-order chi connectivity index (χ1) is 7.82. The molecule has 0 aliphatic heterocycles. The van der Waals surface area contributed by atoms with Crippen LogP contribution < -0.4 is 11.1 Å². The van der Waals surface area contributed by atoms with Crippen LogP contribution in [0.1, 0.15) is 20.3 Å². The van der Waals surface area contributed by atoms with Gasteiger partial charge in [0.25, 0.3) is 0 Å². The second-order valence-corrected chi connectivity index (χ2v) is 6.02. The molecule has 3 N–H and O–H groups in total. The van der Waals surface area contributed by atoms with Crippen molar-refractivity contribution in [2.45, 2.75) is 20.3 Å². The molecular formula is C10H23N3O3S. The number of carbonyl (C=O) groups is 1. The predicted molar refractivity (Wildman–Crippen MR) is 67.9 cm³/mol. The number of sulfonamides is 1. The van der Waals surface area contributed by atoms with Gasteiger partial charge in [0.15, 0.2) is 0 Å². The molecule has 1 atom stereocenters. The van der Waals surface area contributed by atoms with E-state index < -0.39 is 10.0 Å². The number of nitrogens with zero attached hydrogens (tertiary/aromatic N) is 1. The molecule has 17 heavy (non-hydrogen) atoms. The molecule has 0 saturated carbocycles. The normalized spacial score (nSPS) is 13.7. The van der Waals surface area contributed by atoms with E-state index in [1.165, 1.54) is 10.6 Å². The first-order valence-corrected chi connectivity index (χ1v) is 7.60. The second kappa shape index (κ2) is 7.62. The maximum atomic E-state index is 11.4. The van der Waals surface area contributed by atoms with E-state index in [-0.39, 0.29) is 11.8 Å². The van der Waals surface area contributed by atoms with Crippen LogP contribution in [-0.4, -0.2) is 51.1 Å². The van der Waals surface area contributed by atoms with E-state index in [4.69, 9.17) is 5.73 Å². The van der Waals surface area contributed by atoms with Crippen molar-refractivity contribution in [2.24, 2.45) is 11.7 Å². The summed E-state index contributed by atoms with van der Waals surface area (Å²) in [5.41, 5.74) is 5.36. The number of rotatable bonds is 8. The van der Waals surface area contributed by atoms with Crippen LogP contribution in [0.15, 0.2) is 0 Å². The van der Waals surface area contributed by atoms with E-state index >= 15 is 0 Å². The molecule has 1 unspecified atom stereocenters. The molecule has 102 valence electrons. The van der Waals surface area contributed by atoms with Crippen molar-refractivity contribution in [1.82, 2.24) is 9.62 Å². The van der Waals surface area contributed by atoms with Gasteiger partial charge in [-0.25, -0.2) is 12.7 Å². The van der Waals surface area contributed by atoms with Gasteiger partial charge in [-0.1, -0.05) is 13.8 Å². The number of carbonyl (C=O) groups excluding carboxylic acids is 1. The van der Waals surface area contributed by atoms with Gasteiger partial charge < -0.3 is 11.1 Å². The molecule has 0 spiro atoms. The lowest BCUT2D eigenvalue weighted by atomic mass is 10.2. The molecule has 0 bridgehead atoms. The monoisotopic (exact) mass is 265 g/mol. The predicted octanol–water partition coefficient (Wildman–Crippen LogP) is -0.631. The number of hydrogen-bond acceptors (Lipinski definition) is 4. The largest absolute Gasteiger partial charge is 0.356 e. The average molecular weight is 265 g/mol. The van der Waals surface area contributed by atoms with Gasteiger partial charge >= 0.3 is 0 Å². The van der Waals surface area contributed by atoms with Gasteiger partial charge in [0.05, 0.1) is 6.26 Å². The first kappa shape index (κ1) is 16.3. The van der Waals surface area contributed by atoms with Gasteiger partial charge in [0.1, 0.15) is 0 Å². The molecule has 7 heteroatoms. The Kier molecular flexibility index (Phi) is 7.33. The molecule has 0 heterocycles. The third kappa shape index (κ3) is 6.60. The molecule has 0 radical (unpaired) electrons. The van der Waals surface area contributed by atoms with Crippen molar-refractivity contribution in [1.29, 1.82) is 0 Å². The zero-order valence-electron chi connectivity index (χ0n) is 10.8. The average Bonchev–Trinajstić information content (AvgIpc) is 2.25. The lowest BCUT2D eigenvalue weighted by Gasteiger charge is -2.18. The van der Waals surface area contributed by atoms with Crippen LogP contribution in [0.3, 0.4) is 0 Å². The first-order valence-electron chi connectivity index (χ1n) is 5.75. The summed E-state index contributed by atoms with van der Waals surface area (Å²) in [5.74, 6) is -0.290. The smallest absolute Gasteiger partial charge is 0.224 e. The molecule has 0 aliphatic rings. The van der Waals surface area contributed by atoms with Crippen molar-refractivity contribution in [3.8, 4) is 0 Å². The standard InChI is InChI=1S/C10H23N3O3S/c1-4-13(17(3,15)16)7-5-6-12-10(14)9(2)8-11/h9H,4-8,11H2,1-3H3,(H,12,14). The molecule has 0 aromatic carbocycles. The van der Waals surface area contributed by atoms with E-state index in [9.17, 15) is 13.2 Å². The Balaban J connectivity index is 3.89. The van der Waals surface area contributed by atoms with Crippen molar-refractivity contribution in [2.75, 3.05) is 32.4 Å². The molecule has 0 aromatic rings. The summed E-state index contributed by atoms with van der Waals surface area (Å²) >= 11 is 0. The van der Waals surface area contributed by atoms with Gasteiger partial charge in [-0.15, -0.1) is 0 Å². The summed E-state index contributed by atoms with van der Waals surface area (Å²) in [6.07, 6.45) is 1.79. The molecule has 0 aromatic heterocycles. The number of hydrogen-bond donors (Lipinski definition) is 2. The minimum atomic E-state index is -3.14. The molecule has 6 nitrogen and oxygen atoms in total. The topological polar surface area (TPSA) is 92.5 Å². The fourth-order valence-corrected chi connectivity index (χ4v) is 2.24. The minimum Gasteiger partial charge on any atom is -0.356 e. The van der Waals surface area contributed by atoms with Crippen LogP contribution in [0.2, 0.25) is 0 Å². The van der Waals surface area contributed by atoms with E-state index in [1.54, 1.807) is 13.8 Å². The fourth-order valence-electron chi connectivity index (χ4n) is 1.31. The van der Waals surface area contributed by atoms with E-state index in [1.807, 2.05) is 0 Å². The minimum absolute atomic E-state index is 0.0881. The quantitative estimate of drug-likeness (QED) is 0.571. The Morgan fingerprint density at radius 2 is 2.06 bits per heavy atom. The second-order valence-electron chi connectivity index (χ2n) is 4.04. The Labute approximate surface area is 104 Å². The number of nitrogens with two attached hydrogens (primary N) is 1. The van der Waals surface area contributed by atoms with Crippen LogP contribution in [0.4, 0.5) is 0 Å². The lowest BCUT2D eigenvalue weighted by molar-refractivity contribution is -0.124. The maximum Gasteiger partial charge on any atom is 0.224 e. The molecule has 1 amide bonds. The van der Waals surface area contributed by atoms with Crippen molar-refractivity contribution < 1.29 is 13.2 Å². The van der Waals surface area contributed by atoms with Gasteiger partial charge in [0, 0.05) is 32.1 Å². The zero-order chi connectivity index (χ0) is 13.5. The molecule has 0 fully saturated rings. The summed E-state index contributed by atoms with van der Waals surface area (Å²) in [7, 11) is -3.14. The highest BCUT2D eigenvalue weighted by molar-refractivity contribution is 7.88. The van der Waals surface area contributed by atoms with Crippen molar-refractivity contribution >= 4 is 15.9 Å². The van der Waals surface area contributed by atoms with Crippen molar-refractivity contribution in [3.63, 3.8) is 0 Å². The third-order valence-electron chi connectivity index (χ3n) is 2.51. The van der Waals surface area contributed by atoms with Crippen LogP contribution >= 0.6 is 0 Å². The van der Waals surface area contributed by atoms with E-state index in [0.717, 1.165) is 0 Å². The van der Waals surface area contributed by atoms with Crippen LogP contribution in [0, 0.1) is 5.92 Å². The molecule has 0 saturated heterocycles. The summed E-state index contributed by atoms with van der Waals surface area (Å²) in [4.78, 5) is 11.4. The highest BCUT2D eigenvalue weighted by Gasteiger charge is 2.14. The van der Waals surface area contributed by atoms with Crippen LogP contribution in [0.25, 0.3) is 0 Å². The highest BCUT2D eigenvalue weighted by atomic mass is 32.2. The zero-order valence-corrected chi connectivity index (χ0v) is 11.6. The summed E-state index contributed by atoms with van der Waals surface area (Å²) in [6, 6.07) is 0. The molecular weight excluding hydrogens is 242 g/mol. The van der Waals surface area contributed by atoms with Crippen LogP contribution in [-0.2, 0) is 14.8 Å². The highest BCUT2D eigenvalue weighted by Crippen LogP contribution is 1.98. The summed E-state index contributed by atoms with van der Waals surface area (Å²) in [5, 5.41) is 2.72. The van der Waals surface area contributed by atoms with Crippen LogP contribution in [0.5, 0.6) is 0 Å². The van der Waals surface area contributed by atoms with Gasteiger partial charge in [-0.3, -0.25) is 4.79 Å². The Bertz CT molecular complexity index is 330. The Hall–Kier alpha value is -0.660. The number of nitrogens with one attached hydrogen (secondary N) is 1. The summed E-state index contributed by atoms with van der Waals surface area (Å²) in [6.45, 7) is 5.20. The maximum absolute atomic E-state index is 11.4. The SMILES string of the molecule is CCN(CCCNC(=O)C(C)CN)S(C)(=O)=O. The Morgan fingerprint density at radius 3 is 2.47 bits per heavy atom. The molecule has 0 rings (SSSR count). The van der Waals surface area contributed by atoms with Crippen molar-refractivity contribution in [3.05, 3.63) is 0 Å². The molecule has 0 aliphatic carbocycles. The van der Waals surface area contributed by atoms with Gasteiger partial charge in [0.2, 0.25) is 15.9 Å². The van der Waals surface area contributed by atoms with Gasteiger partial charge in [-0.05, 0) is 6.42 Å². The van der Waals surface area contributed by atoms with E-state index in [0.29, 0.717) is 32.6 Å². The third-order valence-corrected chi connectivity index (χ3v) is 3.89.